The quantitative estimate of drug-likeness (QED) is 0.218. The van der Waals surface area contributed by atoms with Crippen molar-refractivity contribution in [3.63, 3.8) is 0 Å². The average Bonchev–Trinajstić information content (AvgIpc) is 2.79. The highest BCUT2D eigenvalue weighted by Gasteiger charge is 2.27. The molecule has 1 saturated heterocycles. The fraction of sp³-hybridized carbons (Fsp3) is 0.667. The van der Waals surface area contributed by atoms with Crippen LogP contribution in [0.25, 0.3) is 0 Å². The van der Waals surface area contributed by atoms with Crippen LogP contribution in [0.1, 0.15) is 52.0 Å². The minimum absolute atomic E-state index is 0. The Bertz CT molecular complexity index is 691. The molecule has 1 amide bonds. The molecule has 1 aromatic carbocycles. The Hall–Kier alpha value is -1.39. The van der Waals surface area contributed by atoms with Crippen LogP contribution >= 0.6 is 24.0 Å². The Kier molecular flexibility index (Phi) is 14.6. The van der Waals surface area contributed by atoms with Gasteiger partial charge in [0.05, 0.1) is 13.2 Å². The second-order valence-corrected chi connectivity index (χ2v) is 8.10. The van der Waals surface area contributed by atoms with E-state index in [4.69, 9.17) is 4.74 Å². The fourth-order valence-corrected chi connectivity index (χ4v) is 4.15. The lowest BCUT2D eigenvalue weighted by Gasteiger charge is -2.39. The Labute approximate surface area is 211 Å². The number of carbonyl (C=O) groups is 1. The predicted octanol–water partition coefficient (Wildman–Crippen LogP) is 3.85. The van der Waals surface area contributed by atoms with Crippen LogP contribution in [0.4, 0.5) is 5.69 Å². The van der Waals surface area contributed by atoms with Crippen molar-refractivity contribution in [2.45, 2.75) is 59.0 Å². The number of hydrogen-bond acceptors (Lipinski definition) is 4. The summed E-state index contributed by atoms with van der Waals surface area (Å²) in [7, 11) is 1.80. The van der Waals surface area contributed by atoms with Crippen molar-refractivity contribution < 1.29 is 9.53 Å². The summed E-state index contributed by atoms with van der Waals surface area (Å²) in [5, 5.41) is 9.90. The van der Waals surface area contributed by atoms with Crippen molar-refractivity contribution in [2.24, 2.45) is 10.9 Å². The molecule has 1 aliphatic heterocycles. The summed E-state index contributed by atoms with van der Waals surface area (Å²) in [6.07, 6.45) is 3.73. The monoisotopic (exact) mass is 559 g/mol. The van der Waals surface area contributed by atoms with E-state index >= 15 is 0 Å². The molecule has 0 spiro atoms. The maximum Gasteiger partial charge on any atom is 0.224 e. The molecule has 32 heavy (non-hydrogen) atoms. The van der Waals surface area contributed by atoms with Gasteiger partial charge in [-0.2, -0.15) is 0 Å². The zero-order valence-corrected chi connectivity index (χ0v) is 22.5. The number of nitrogens with one attached hydrogen (secondary N) is 3. The molecule has 0 aromatic heterocycles. The molecule has 1 unspecified atom stereocenters. The zero-order valence-electron chi connectivity index (χ0n) is 20.2. The number of aliphatic imine (C=N–C) groups is 1. The summed E-state index contributed by atoms with van der Waals surface area (Å²) in [4.78, 5) is 18.8. The molecule has 8 heteroatoms. The van der Waals surface area contributed by atoms with Gasteiger partial charge in [0.2, 0.25) is 5.91 Å². The van der Waals surface area contributed by atoms with Gasteiger partial charge < -0.3 is 20.7 Å². The summed E-state index contributed by atoms with van der Waals surface area (Å²) in [5.74, 6) is 1.50. The molecule has 7 nitrogen and oxygen atoms in total. The van der Waals surface area contributed by atoms with Crippen LogP contribution in [0.3, 0.4) is 0 Å². The van der Waals surface area contributed by atoms with Gasteiger partial charge in [-0.3, -0.25) is 14.7 Å². The standard InChI is InChI=1S/C24H41N5O2.HI/c1-5-9-23(30)28-21-11-8-10-19(16-21)17-26-24(25-4)27-18-22(20(6-2)7-3)29-12-14-31-15-13-29;/h8,10-11,16,20,22H,5-7,9,12-15,17-18H2,1-4H3,(H,28,30)(H2,25,26,27);1H. The lowest BCUT2D eigenvalue weighted by molar-refractivity contribution is -0.116. The number of benzene rings is 1. The zero-order chi connectivity index (χ0) is 22.5. The molecule has 1 aromatic rings. The molecule has 3 N–H and O–H groups in total. The van der Waals surface area contributed by atoms with Crippen LogP contribution in [-0.4, -0.2) is 62.7 Å². The lowest BCUT2D eigenvalue weighted by atomic mass is 9.92. The van der Waals surface area contributed by atoms with Crippen LogP contribution in [0.5, 0.6) is 0 Å². The van der Waals surface area contributed by atoms with Crippen molar-refractivity contribution in [1.82, 2.24) is 15.5 Å². The number of hydrogen-bond donors (Lipinski definition) is 3. The van der Waals surface area contributed by atoms with E-state index in [1.165, 1.54) is 12.8 Å². The fourth-order valence-electron chi connectivity index (χ4n) is 4.15. The first-order valence-corrected chi connectivity index (χ1v) is 11.8. The van der Waals surface area contributed by atoms with E-state index in [1.807, 2.05) is 25.1 Å². The number of halogens is 1. The third kappa shape index (κ3) is 9.62. The van der Waals surface area contributed by atoms with Crippen LogP contribution < -0.4 is 16.0 Å². The van der Waals surface area contributed by atoms with Crippen molar-refractivity contribution in [3.05, 3.63) is 29.8 Å². The van der Waals surface area contributed by atoms with E-state index < -0.39 is 0 Å². The van der Waals surface area contributed by atoms with E-state index in [1.54, 1.807) is 7.05 Å². The topological polar surface area (TPSA) is 78.0 Å². The van der Waals surface area contributed by atoms with Gasteiger partial charge >= 0.3 is 0 Å². The maximum absolute atomic E-state index is 11.9. The number of nitrogens with zero attached hydrogens (tertiary/aromatic N) is 2. The highest BCUT2D eigenvalue weighted by Crippen LogP contribution is 2.19. The average molecular weight is 560 g/mol. The number of carbonyl (C=O) groups excluding carboxylic acids is 1. The number of anilines is 1. The third-order valence-electron chi connectivity index (χ3n) is 5.96. The van der Waals surface area contributed by atoms with Gasteiger partial charge in [0.1, 0.15) is 0 Å². The van der Waals surface area contributed by atoms with Crippen molar-refractivity contribution in [2.75, 3.05) is 45.2 Å². The first kappa shape index (κ1) is 28.6. The number of ether oxygens (including phenoxy) is 1. The molecule has 182 valence electrons. The summed E-state index contributed by atoms with van der Waals surface area (Å²) >= 11 is 0. The van der Waals surface area contributed by atoms with Crippen LogP contribution in [-0.2, 0) is 16.1 Å². The predicted molar refractivity (Wildman–Crippen MR) is 144 cm³/mol. The maximum atomic E-state index is 11.9. The SMILES string of the molecule is CCCC(=O)Nc1cccc(CNC(=NC)NCC(C(CC)CC)N2CCOCC2)c1.I. The van der Waals surface area contributed by atoms with Crippen molar-refractivity contribution in [3.8, 4) is 0 Å². The van der Waals surface area contributed by atoms with Gasteiger partial charge in [-0.25, -0.2) is 0 Å². The van der Waals surface area contributed by atoms with Crippen LogP contribution in [0.2, 0.25) is 0 Å². The highest BCUT2D eigenvalue weighted by atomic mass is 127. The van der Waals surface area contributed by atoms with E-state index in [-0.39, 0.29) is 29.9 Å². The van der Waals surface area contributed by atoms with E-state index in [0.29, 0.717) is 24.9 Å². The van der Waals surface area contributed by atoms with Gasteiger partial charge in [0.25, 0.3) is 0 Å². The van der Waals surface area contributed by atoms with Gasteiger partial charge in [-0.05, 0) is 30.0 Å². The third-order valence-corrected chi connectivity index (χ3v) is 5.96. The largest absolute Gasteiger partial charge is 0.379 e. The molecule has 2 rings (SSSR count). The molecule has 1 heterocycles. The Morgan fingerprint density at radius 3 is 2.50 bits per heavy atom. The number of morpholine rings is 1. The van der Waals surface area contributed by atoms with Crippen molar-refractivity contribution >= 4 is 41.5 Å². The molecule has 0 aliphatic carbocycles. The van der Waals surface area contributed by atoms with Gasteiger partial charge in [0.15, 0.2) is 5.96 Å². The summed E-state index contributed by atoms with van der Waals surface area (Å²) in [5.41, 5.74) is 1.93. The molecule has 1 atom stereocenters. The van der Waals surface area contributed by atoms with E-state index in [9.17, 15) is 4.79 Å². The van der Waals surface area contributed by atoms with Crippen LogP contribution in [0.15, 0.2) is 29.3 Å². The molecule has 0 radical (unpaired) electrons. The van der Waals surface area contributed by atoms with E-state index in [0.717, 1.165) is 56.5 Å². The minimum Gasteiger partial charge on any atom is -0.379 e. The smallest absolute Gasteiger partial charge is 0.224 e. The normalized spacial score (nSPS) is 15.7. The number of rotatable bonds is 11. The van der Waals surface area contributed by atoms with Crippen molar-refractivity contribution in [1.29, 1.82) is 0 Å². The minimum atomic E-state index is 0. The first-order valence-electron chi connectivity index (χ1n) is 11.8. The van der Waals surface area contributed by atoms with Gasteiger partial charge in [-0.1, -0.05) is 45.7 Å². The summed E-state index contributed by atoms with van der Waals surface area (Å²) in [6, 6.07) is 8.42. The summed E-state index contributed by atoms with van der Waals surface area (Å²) in [6.45, 7) is 11.7. The molecule has 0 saturated carbocycles. The first-order chi connectivity index (χ1) is 15.1. The number of guanidine groups is 1. The Morgan fingerprint density at radius 1 is 1.16 bits per heavy atom. The molecular weight excluding hydrogens is 517 g/mol. The molecule has 1 aliphatic rings. The second kappa shape index (κ2) is 16.3. The molecule has 0 bridgehead atoms. The Balaban J connectivity index is 0.00000512. The molecular formula is C24H42IN5O2. The van der Waals surface area contributed by atoms with Gasteiger partial charge in [0, 0.05) is 51.4 Å². The lowest BCUT2D eigenvalue weighted by Crippen LogP contribution is -2.53. The Morgan fingerprint density at radius 2 is 1.88 bits per heavy atom. The molecule has 1 fully saturated rings. The summed E-state index contributed by atoms with van der Waals surface area (Å²) < 4.78 is 5.55. The second-order valence-electron chi connectivity index (χ2n) is 8.10. The number of amides is 1. The van der Waals surface area contributed by atoms with Crippen LogP contribution in [0, 0.1) is 5.92 Å². The van der Waals surface area contributed by atoms with Gasteiger partial charge in [-0.15, -0.1) is 24.0 Å². The van der Waals surface area contributed by atoms with E-state index in [2.05, 4.69) is 45.8 Å². The highest BCUT2D eigenvalue weighted by molar-refractivity contribution is 14.0.